The molecule has 3 aromatic rings. The van der Waals surface area contributed by atoms with E-state index in [-0.39, 0.29) is 23.0 Å². The average molecular weight is 683 g/mol. The number of rotatable bonds is 15. The predicted molar refractivity (Wildman–Crippen MR) is 211 cm³/mol. The van der Waals surface area contributed by atoms with E-state index in [0.29, 0.717) is 6.04 Å². The Kier molecular flexibility index (Phi) is 17.0. The lowest BCUT2D eigenvalue weighted by atomic mass is 9.66. The van der Waals surface area contributed by atoms with Crippen LogP contribution in [0.5, 0.6) is 11.5 Å². The molecule has 0 aliphatic heterocycles. The van der Waals surface area contributed by atoms with Crippen LogP contribution in [0.25, 0.3) is 11.3 Å². The number of nitrogens with two attached hydrogens (primary N) is 1. The van der Waals surface area contributed by atoms with Crippen LogP contribution in [0.2, 0.25) is 0 Å². The van der Waals surface area contributed by atoms with E-state index in [1.807, 2.05) is 81.4 Å². The SMILES string of the molecule is CC/C=C/C(=O)C(C)CC.CCCC(CC)n1nc(-c2ccc(Oc3ccccc3)cc2)c(C(=N)N)c1C1(C)CCC1.CCCC1CCCC1. The van der Waals surface area contributed by atoms with E-state index in [9.17, 15) is 4.79 Å². The van der Waals surface area contributed by atoms with E-state index in [1.54, 1.807) is 6.08 Å². The third-order valence-electron chi connectivity index (χ3n) is 10.5. The molecule has 0 radical (unpaired) electrons. The van der Waals surface area contributed by atoms with Crippen molar-refractivity contribution in [3.05, 3.63) is 78.0 Å². The minimum atomic E-state index is 0.0315. The molecule has 2 aromatic carbocycles. The highest BCUT2D eigenvalue weighted by atomic mass is 16.5. The van der Waals surface area contributed by atoms with Crippen molar-refractivity contribution in [2.75, 3.05) is 0 Å². The Bertz CT molecular complexity index is 1460. The molecule has 3 N–H and O–H groups in total. The zero-order valence-corrected chi connectivity index (χ0v) is 32.3. The molecule has 0 spiro atoms. The fraction of sp³-hybridized carbons (Fsp3) is 0.568. The Labute approximate surface area is 303 Å². The molecule has 1 heterocycles. The molecule has 1 aromatic heterocycles. The zero-order chi connectivity index (χ0) is 36.5. The van der Waals surface area contributed by atoms with Gasteiger partial charge in [-0.2, -0.15) is 5.10 Å². The number of benzene rings is 2. The summed E-state index contributed by atoms with van der Waals surface area (Å²) in [4.78, 5) is 11.0. The van der Waals surface area contributed by atoms with Crippen LogP contribution in [0.4, 0.5) is 0 Å². The van der Waals surface area contributed by atoms with Crippen LogP contribution >= 0.6 is 0 Å². The van der Waals surface area contributed by atoms with Crippen molar-refractivity contribution >= 4 is 11.6 Å². The summed E-state index contributed by atoms with van der Waals surface area (Å²) in [5.41, 5.74) is 9.95. The number of hydrogen-bond acceptors (Lipinski definition) is 4. The molecule has 5 rings (SSSR count). The van der Waals surface area contributed by atoms with Crippen molar-refractivity contribution < 1.29 is 9.53 Å². The first kappa shape index (κ1) is 40.8. The van der Waals surface area contributed by atoms with Crippen molar-refractivity contribution in [2.45, 2.75) is 150 Å². The quantitative estimate of drug-likeness (QED) is 0.0947. The lowest BCUT2D eigenvalue weighted by Crippen LogP contribution is -2.36. The molecule has 6 heteroatoms. The number of ketones is 1. The van der Waals surface area contributed by atoms with Crippen LogP contribution < -0.4 is 10.5 Å². The van der Waals surface area contributed by atoms with Crippen molar-refractivity contribution in [2.24, 2.45) is 17.6 Å². The molecule has 2 atom stereocenters. The number of carbonyl (C=O) groups is 1. The van der Waals surface area contributed by atoms with Crippen molar-refractivity contribution in [3.63, 3.8) is 0 Å². The van der Waals surface area contributed by atoms with Gasteiger partial charge in [0.15, 0.2) is 5.78 Å². The number of ether oxygens (including phenoxy) is 1. The molecule has 2 saturated carbocycles. The number of nitrogens with one attached hydrogen (secondary N) is 1. The Hall–Kier alpha value is -3.67. The molecule has 2 aliphatic rings. The largest absolute Gasteiger partial charge is 0.457 e. The van der Waals surface area contributed by atoms with Gasteiger partial charge in [0.1, 0.15) is 23.0 Å². The maximum Gasteiger partial charge on any atom is 0.158 e. The van der Waals surface area contributed by atoms with Gasteiger partial charge in [0.05, 0.1) is 17.3 Å². The third kappa shape index (κ3) is 11.4. The number of allylic oxidation sites excluding steroid dienone is 2. The molecule has 0 bridgehead atoms. The first-order valence-corrected chi connectivity index (χ1v) is 19.6. The molecule has 0 saturated heterocycles. The maximum atomic E-state index is 11.0. The second kappa shape index (κ2) is 20.9. The fourth-order valence-electron chi connectivity index (χ4n) is 7.12. The van der Waals surface area contributed by atoms with E-state index in [2.05, 4.69) is 32.4 Å². The van der Waals surface area contributed by atoms with Gasteiger partial charge in [-0.1, -0.05) is 124 Å². The zero-order valence-electron chi connectivity index (χ0n) is 32.3. The van der Waals surface area contributed by atoms with Crippen molar-refractivity contribution in [3.8, 4) is 22.8 Å². The third-order valence-corrected chi connectivity index (χ3v) is 10.5. The number of amidine groups is 1. The van der Waals surface area contributed by atoms with Crippen LogP contribution in [0.3, 0.4) is 0 Å². The summed E-state index contributed by atoms with van der Waals surface area (Å²) in [6.07, 6.45) is 21.0. The second-order valence-corrected chi connectivity index (χ2v) is 14.6. The van der Waals surface area contributed by atoms with Crippen LogP contribution in [0.15, 0.2) is 66.7 Å². The monoisotopic (exact) mass is 683 g/mol. The molecular weight excluding hydrogens is 617 g/mol. The molecule has 6 nitrogen and oxygen atoms in total. The van der Waals surface area contributed by atoms with E-state index < -0.39 is 0 Å². The molecule has 2 aliphatic carbocycles. The van der Waals surface area contributed by atoms with Gasteiger partial charge in [0.25, 0.3) is 0 Å². The number of carbonyl (C=O) groups excluding carboxylic acids is 1. The van der Waals surface area contributed by atoms with Gasteiger partial charge in [-0.05, 0) is 86.9 Å². The summed E-state index contributed by atoms with van der Waals surface area (Å²) >= 11 is 0. The van der Waals surface area contributed by atoms with E-state index in [0.717, 1.165) is 84.9 Å². The highest BCUT2D eigenvalue weighted by molar-refractivity contribution is 6.02. The summed E-state index contributed by atoms with van der Waals surface area (Å²) < 4.78 is 8.16. The summed E-state index contributed by atoms with van der Waals surface area (Å²) in [6.45, 7) is 15.0. The van der Waals surface area contributed by atoms with Crippen LogP contribution in [-0.2, 0) is 10.2 Å². The number of para-hydroxylation sites is 1. The van der Waals surface area contributed by atoms with E-state index in [1.165, 1.54) is 44.9 Å². The standard InChI is InChI=1S/C27H34N4O.C9H16O.C8H16/c1-4-10-20(5-2)31-25(27(3)17-9-18-27)23(26(28)29)24(30-31)19-13-15-22(16-14-19)32-21-11-7-6-8-12-21;1-4-6-7-9(10)8(3)5-2;1-2-5-8-6-3-4-7-8/h6-8,11-16,20H,4-5,9-10,17-18H2,1-3H3,(H3,28,29);6-8H,4-5H2,1-3H3;8H,2-7H2,1H3/b;7-6+;. The second-order valence-electron chi connectivity index (χ2n) is 14.6. The van der Waals surface area contributed by atoms with Gasteiger partial charge in [-0.15, -0.1) is 0 Å². The summed E-state index contributed by atoms with van der Waals surface area (Å²) in [7, 11) is 0. The first-order chi connectivity index (χ1) is 24.1. The molecule has 2 fully saturated rings. The van der Waals surface area contributed by atoms with Gasteiger partial charge < -0.3 is 10.5 Å². The predicted octanol–water partition coefficient (Wildman–Crippen LogP) is 12.4. The molecule has 2 unspecified atom stereocenters. The maximum absolute atomic E-state index is 11.0. The van der Waals surface area contributed by atoms with Crippen LogP contribution in [0.1, 0.15) is 156 Å². The summed E-state index contributed by atoms with van der Waals surface area (Å²) in [5.74, 6) is 3.24. The molecule has 0 amide bonds. The highest BCUT2D eigenvalue weighted by Gasteiger charge is 2.41. The van der Waals surface area contributed by atoms with Crippen molar-refractivity contribution in [1.82, 2.24) is 9.78 Å². The van der Waals surface area contributed by atoms with Gasteiger partial charge in [-0.3, -0.25) is 14.9 Å². The molecular formula is C44H66N4O2. The fourth-order valence-corrected chi connectivity index (χ4v) is 7.12. The average Bonchev–Trinajstić information content (AvgIpc) is 3.78. The minimum absolute atomic E-state index is 0.0315. The summed E-state index contributed by atoms with van der Waals surface area (Å²) in [5, 5.41) is 13.6. The Morgan fingerprint density at radius 3 is 2.10 bits per heavy atom. The van der Waals surface area contributed by atoms with Gasteiger partial charge in [0, 0.05) is 16.9 Å². The van der Waals surface area contributed by atoms with Gasteiger partial charge >= 0.3 is 0 Å². The smallest absolute Gasteiger partial charge is 0.158 e. The normalized spacial score (nSPS) is 16.4. The Morgan fingerprint density at radius 1 is 0.960 bits per heavy atom. The number of nitrogens with zero attached hydrogens (tertiary/aromatic N) is 2. The Balaban J connectivity index is 0.000000307. The Morgan fingerprint density at radius 2 is 1.60 bits per heavy atom. The number of hydrogen-bond donors (Lipinski definition) is 2. The van der Waals surface area contributed by atoms with Crippen LogP contribution in [-0.4, -0.2) is 21.4 Å². The minimum Gasteiger partial charge on any atom is -0.457 e. The number of nitrogen functional groups attached to an aromatic ring is 1. The van der Waals surface area contributed by atoms with Gasteiger partial charge in [-0.25, -0.2) is 0 Å². The lowest BCUT2D eigenvalue weighted by Gasteiger charge is -2.40. The lowest BCUT2D eigenvalue weighted by molar-refractivity contribution is -0.117. The van der Waals surface area contributed by atoms with Gasteiger partial charge in [0.2, 0.25) is 0 Å². The summed E-state index contributed by atoms with van der Waals surface area (Å²) in [6, 6.07) is 18.0. The molecule has 50 heavy (non-hydrogen) atoms. The first-order valence-electron chi connectivity index (χ1n) is 19.6. The topological polar surface area (TPSA) is 94.0 Å². The van der Waals surface area contributed by atoms with Crippen LogP contribution in [0, 0.1) is 17.2 Å². The number of aromatic nitrogens is 2. The van der Waals surface area contributed by atoms with Crippen molar-refractivity contribution in [1.29, 1.82) is 5.41 Å². The van der Waals surface area contributed by atoms with E-state index >= 15 is 0 Å². The molecule has 274 valence electrons. The van der Waals surface area contributed by atoms with E-state index in [4.69, 9.17) is 21.0 Å². The highest BCUT2D eigenvalue weighted by Crippen LogP contribution is 2.47.